The molecule has 0 atom stereocenters. The molecule has 0 aliphatic heterocycles. The van der Waals surface area contributed by atoms with Crippen LogP contribution in [-0.4, -0.2) is 16.2 Å². The summed E-state index contributed by atoms with van der Waals surface area (Å²) in [6.45, 7) is 0. The van der Waals surface area contributed by atoms with E-state index in [1.165, 1.54) is 0 Å². The first-order valence-corrected chi connectivity index (χ1v) is 6.68. The standard InChI is InChI=1S/C13H14BrFO3/c14-10-7-8(15)6-9(11(10)16)13(12(17)18)4-2-1-3-5-13/h6-7,16H,1-5H2,(H,17,18). The van der Waals surface area contributed by atoms with Crippen molar-refractivity contribution in [1.29, 1.82) is 0 Å². The SMILES string of the molecule is O=C(O)C1(c2cc(F)cc(Br)c2O)CCCCC1. The smallest absolute Gasteiger partial charge is 0.314 e. The van der Waals surface area contributed by atoms with Gasteiger partial charge >= 0.3 is 5.97 Å². The largest absolute Gasteiger partial charge is 0.506 e. The molecule has 1 fully saturated rings. The number of carboxylic acid groups (broad SMARTS) is 1. The lowest BCUT2D eigenvalue weighted by atomic mass is 9.69. The number of carboxylic acids is 1. The zero-order chi connectivity index (χ0) is 13.3. The van der Waals surface area contributed by atoms with E-state index in [1.54, 1.807) is 0 Å². The van der Waals surface area contributed by atoms with Crippen LogP contribution < -0.4 is 0 Å². The Kier molecular flexibility index (Phi) is 3.61. The van der Waals surface area contributed by atoms with Gasteiger partial charge in [-0.25, -0.2) is 4.39 Å². The molecule has 0 aromatic heterocycles. The predicted molar refractivity (Wildman–Crippen MR) is 68.2 cm³/mol. The Balaban J connectivity index is 2.59. The molecule has 0 bridgehead atoms. The Bertz CT molecular complexity index is 481. The summed E-state index contributed by atoms with van der Waals surface area (Å²) in [6, 6.07) is 2.27. The van der Waals surface area contributed by atoms with Crippen LogP contribution >= 0.6 is 15.9 Å². The van der Waals surface area contributed by atoms with Crippen molar-refractivity contribution < 1.29 is 19.4 Å². The van der Waals surface area contributed by atoms with Crippen molar-refractivity contribution >= 4 is 21.9 Å². The molecule has 1 aliphatic rings. The average molecular weight is 317 g/mol. The summed E-state index contributed by atoms with van der Waals surface area (Å²) in [6.07, 6.45) is 3.41. The first kappa shape index (κ1) is 13.3. The number of hydrogen-bond acceptors (Lipinski definition) is 2. The van der Waals surface area contributed by atoms with E-state index >= 15 is 0 Å². The Morgan fingerprint density at radius 1 is 1.28 bits per heavy atom. The van der Waals surface area contributed by atoms with Gasteiger partial charge in [-0.3, -0.25) is 4.79 Å². The highest BCUT2D eigenvalue weighted by molar-refractivity contribution is 9.10. The number of phenolic OH excluding ortho intramolecular Hbond substituents is 1. The average Bonchev–Trinajstić information content (AvgIpc) is 2.34. The maximum atomic E-state index is 13.5. The third-order valence-electron chi connectivity index (χ3n) is 3.66. The zero-order valence-corrected chi connectivity index (χ0v) is 11.3. The van der Waals surface area contributed by atoms with Gasteiger partial charge in [0.05, 0.1) is 9.89 Å². The number of benzene rings is 1. The lowest BCUT2D eigenvalue weighted by Gasteiger charge is -2.34. The minimum absolute atomic E-state index is 0.166. The van der Waals surface area contributed by atoms with E-state index in [4.69, 9.17) is 0 Å². The van der Waals surface area contributed by atoms with E-state index < -0.39 is 17.2 Å². The van der Waals surface area contributed by atoms with Gasteiger partial charge in [-0.05, 0) is 40.9 Å². The van der Waals surface area contributed by atoms with Gasteiger partial charge in [0, 0.05) is 5.56 Å². The maximum Gasteiger partial charge on any atom is 0.314 e. The monoisotopic (exact) mass is 316 g/mol. The van der Waals surface area contributed by atoms with Crippen molar-refractivity contribution in [2.75, 3.05) is 0 Å². The molecule has 1 aromatic rings. The maximum absolute atomic E-state index is 13.5. The minimum Gasteiger partial charge on any atom is -0.506 e. The van der Waals surface area contributed by atoms with Crippen molar-refractivity contribution in [2.45, 2.75) is 37.5 Å². The number of hydrogen-bond donors (Lipinski definition) is 2. The summed E-state index contributed by atoms with van der Waals surface area (Å²) in [5.41, 5.74) is -0.978. The van der Waals surface area contributed by atoms with Gasteiger partial charge in [0.2, 0.25) is 0 Å². The topological polar surface area (TPSA) is 57.5 Å². The van der Waals surface area contributed by atoms with Gasteiger partial charge in [0.25, 0.3) is 0 Å². The van der Waals surface area contributed by atoms with Crippen LogP contribution in [0.1, 0.15) is 37.7 Å². The molecule has 3 nitrogen and oxygen atoms in total. The fraction of sp³-hybridized carbons (Fsp3) is 0.462. The minimum atomic E-state index is -1.16. The Labute approximate surface area is 113 Å². The summed E-state index contributed by atoms with van der Waals surface area (Å²) < 4.78 is 13.7. The Morgan fingerprint density at radius 2 is 1.89 bits per heavy atom. The second-order valence-electron chi connectivity index (χ2n) is 4.73. The summed E-state index contributed by atoms with van der Waals surface area (Å²) in [5, 5.41) is 19.5. The summed E-state index contributed by atoms with van der Waals surface area (Å²) >= 11 is 3.05. The number of aliphatic carboxylic acids is 1. The molecular weight excluding hydrogens is 303 g/mol. The number of rotatable bonds is 2. The molecule has 18 heavy (non-hydrogen) atoms. The molecule has 1 aromatic carbocycles. The van der Waals surface area contributed by atoms with Gasteiger partial charge in [0.1, 0.15) is 11.6 Å². The molecular formula is C13H14BrFO3. The van der Waals surface area contributed by atoms with Crippen LogP contribution in [0.4, 0.5) is 4.39 Å². The van der Waals surface area contributed by atoms with Gasteiger partial charge in [-0.2, -0.15) is 0 Å². The quantitative estimate of drug-likeness (QED) is 0.876. The molecule has 0 spiro atoms. The molecule has 5 heteroatoms. The van der Waals surface area contributed by atoms with Crippen molar-refractivity contribution in [2.24, 2.45) is 0 Å². The fourth-order valence-corrected chi connectivity index (χ4v) is 3.12. The molecule has 0 heterocycles. The second kappa shape index (κ2) is 4.88. The molecule has 0 amide bonds. The molecule has 2 N–H and O–H groups in total. The van der Waals surface area contributed by atoms with Crippen LogP contribution in [0.3, 0.4) is 0 Å². The fourth-order valence-electron chi connectivity index (χ4n) is 2.68. The molecule has 1 aliphatic carbocycles. The number of aromatic hydroxyl groups is 1. The zero-order valence-electron chi connectivity index (χ0n) is 9.75. The van der Waals surface area contributed by atoms with E-state index in [2.05, 4.69) is 15.9 Å². The van der Waals surface area contributed by atoms with Gasteiger partial charge in [-0.1, -0.05) is 19.3 Å². The first-order valence-electron chi connectivity index (χ1n) is 5.89. The van der Waals surface area contributed by atoms with Crippen LogP contribution in [0.2, 0.25) is 0 Å². The summed E-state index contributed by atoms with van der Waals surface area (Å²) in [5.74, 6) is -1.70. The van der Waals surface area contributed by atoms with Crippen LogP contribution in [0, 0.1) is 5.82 Å². The molecule has 98 valence electrons. The van der Waals surface area contributed by atoms with Gasteiger partial charge in [-0.15, -0.1) is 0 Å². The molecule has 2 rings (SSSR count). The molecule has 0 saturated heterocycles. The first-order chi connectivity index (χ1) is 8.47. The second-order valence-corrected chi connectivity index (χ2v) is 5.59. The highest BCUT2D eigenvalue weighted by Gasteiger charge is 2.43. The van der Waals surface area contributed by atoms with Crippen LogP contribution in [-0.2, 0) is 10.2 Å². The summed E-state index contributed by atoms with van der Waals surface area (Å²) in [7, 11) is 0. The van der Waals surface area contributed by atoms with Crippen molar-refractivity contribution in [3.63, 3.8) is 0 Å². The van der Waals surface area contributed by atoms with Crippen molar-refractivity contribution in [3.05, 3.63) is 28.0 Å². The third kappa shape index (κ3) is 2.11. The summed E-state index contributed by atoms with van der Waals surface area (Å²) in [4.78, 5) is 11.6. The van der Waals surface area contributed by atoms with E-state index in [0.29, 0.717) is 12.8 Å². The molecule has 1 saturated carbocycles. The third-order valence-corrected chi connectivity index (χ3v) is 4.26. The number of phenols is 1. The van der Waals surface area contributed by atoms with Crippen LogP contribution in [0.25, 0.3) is 0 Å². The van der Waals surface area contributed by atoms with E-state index in [-0.39, 0.29) is 15.8 Å². The van der Waals surface area contributed by atoms with Crippen LogP contribution in [0.15, 0.2) is 16.6 Å². The van der Waals surface area contributed by atoms with Crippen molar-refractivity contribution in [3.8, 4) is 5.75 Å². The van der Waals surface area contributed by atoms with E-state index in [0.717, 1.165) is 31.4 Å². The van der Waals surface area contributed by atoms with E-state index in [1.807, 2.05) is 0 Å². The number of halogens is 2. The van der Waals surface area contributed by atoms with Gasteiger partial charge < -0.3 is 10.2 Å². The van der Waals surface area contributed by atoms with E-state index in [9.17, 15) is 19.4 Å². The normalized spacial score (nSPS) is 18.6. The lowest BCUT2D eigenvalue weighted by Crippen LogP contribution is -2.38. The van der Waals surface area contributed by atoms with Crippen molar-refractivity contribution in [1.82, 2.24) is 0 Å². The lowest BCUT2D eigenvalue weighted by molar-refractivity contribution is -0.145. The molecule has 0 radical (unpaired) electrons. The number of carbonyl (C=O) groups is 1. The van der Waals surface area contributed by atoms with Crippen LogP contribution in [0.5, 0.6) is 5.75 Å². The molecule has 0 unspecified atom stereocenters. The Hall–Kier alpha value is -1.10. The van der Waals surface area contributed by atoms with Gasteiger partial charge in [0.15, 0.2) is 0 Å². The highest BCUT2D eigenvalue weighted by Crippen LogP contribution is 2.45. The Morgan fingerprint density at radius 3 is 2.44 bits per heavy atom. The highest BCUT2D eigenvalue weighted by atomic mass is 79.9. The predicted octanol–water partition coefficient (Wildman–Crippen LogP) is 3.58.